The van der Waals surface area contributed by atoms with Gasteiger partial charge in [-0.15, -0.1) is 0 Å². The average molecular weight is 290 g/mol. The zero-order valence-corrected chi connectivity index (χ0v) is 12.3. The van der Waals surface area contributed by atoms with Crippen LogP contribution in [0.15, 0.2) is 27.6 Å². The molecular weight excluding hydrogens is 272 g/mol. The molecule has 1 aliphatic rings. The SMILES string of the molecule is C[C@@H]1CN(C)C[C@H](c2nc(-c3ccc(=O)n(C)c3)no2)O1. The Kier molecular flexibility index (Phi) is 3.60. The van der Waals surface area contributed by atoms with Gasteiger partial charge >= 0.3 is 0 Å². The second-order valence-electron chi connectivity index (χ2n) is 5.48. The van der Waals surface area contributed by atoms with Gasteiger partial charge in [0.15, 0.2) is 0 Å². The van der Waals surface area contributed by atoms with Crippen molar-refractivity contribution < 1.29 is 9.26 Å². The monoisotopic (exact) mass is 290 g/mol. The minimum atomic E-state index is -0.215. The summed E-state index contributed by atoms with van der Waals surface area (Å²) in [7, 11) is 3.73. The van der Waals surface area contributed by atoms with Crippen molar-refractivity contribution in [2.24, 2.45) is 7.05 Å². The van der Waals surface area contributed by atoms with Gasteiger partial charge in [-0.3, -0.25) is 4.79 Å². The van der Waals surface area contributed by atoms with Crippen molar-refractivity contribution in [2.45, 2.75) is 19.1 Å². The fourth-order valence-electron chi connectivity index (χ4n) is 2.51. The smallest absolute Gasteiger partial charge is 0.257 e. The molecule has 2 atom stereocenters. The van der Waals surface area contributed by atoms with Crippen LogP contribution in [0.2, 0.25) is 0 Å². The first-order chi connectivity index (χ1) is 10.0. The number of hydrogen-bond donors (Lipinski definition) is 0. The summed E-state index contributed by atoms with van der Waals surface area (Å²) in [4.78, 5) is 18.0. The number of aromatic nitrogens is 3. The maximum atomic E-state index is 11.4. The molecule has 21 heavy (non-hydrogen) atoms. The first-order valence-electron chi connectivity index (χ1n) is 6.87. The van der Waals surface area contributed by atoms with E-state index in [1.54, 1.807) is 19.3 Å². The lowest BCUT2D eigenvalue weighted by Gasteiger charge is -2.32. The zero-order chi connectivity index (χ0) is 15.0. The minimum Gasteiger partial charge on any atom is -0.363 e. The highest BCUT2D eigenvalue weighted by molar-refractivity contribution is 5.52. The van der Waals surface area contributed by atoms with Crippen molar-refractivity contribution in [3.8, 4) is 11.4 Å². The van der Waals surface area contributed by atoms with Gasteiger partial charge in [-0.05, 0) is 20.0 Å². The molecule has 0 saturated carbocycles. The van der Waals surface area contributed by atoms with E-state index in [1.807, 2.05) is 14.0 Å². The predicted octanol–water partition coefficient (Wildman–Crippen LogP) is 0.827. The number of aryl methyl sites for hydroxylation is 1. The molecule has 2 aromatic heterocycles. The number of hydrogen-bond acceptors (Lipinski definition) is 6. The molecule has 0 aromatic carbocycles. The molecule has 0 spiro atoms. The largest absolute Gasteiger partial charge is 0.363 e. The summed E-state index contributed by atoms with van der Waals surface area (Å²) in [5.41, 5.74) is 0.665. The number of pyridine rings is 1. The number of ether oxygens (including phenoxy) is 1. The van der Waals surface area contributed by atoms with E-state index in [9.17, 15) is 4.79 Å². The van der Waals surface area contributed by atoms with E-state index in [0.29, 0.717) is 11.7 Å². The quantitative estimate of drug-likeness (QED) is 0.815. The minimum absolute atomic E-state index is 0.0754. The Hall–Kier alpha value is -1.99. The molecule has 3 heterocycles. The fraction of sp³-hybridized carbons (Fsp3) is 0.500. The van der Waals surface area contributed by atoms with E-state index >= 15 is 0 Å². The summed E-state index contributed by atoms with van der Waals surface area (Å²) in [5, 5.41) is 3.98. The molecule has 1 saturated heterocycles. The lowest BCUT2D eigenvalue weighted by molar-refractivity contribution is -0.0838. The molecule has 1 aliphatic heterocycles. The van der Waals surface area contributed by atoms with E-state index in [2.05, 4.69) is 15.0 Å². The highest BCUT2D eigenvalue weighted by Gasteiger charge is 2.28. The first-order valence-corrected chi connectivity index (χ1v) is 6.87. The van der Waals surface area contributed by atoms with Crippen LogP contribution in [0.25, 0.3) is 11.4 Å². The third-order valence-electron chi connectivity index (χ3n) is 3.50. The molecule has 3 rings (SSSR count). The molecule has 0 amide bonds. The number of morpholine rings is 1. The fourth-order valence-corrected chi connectivity index (χ4v) is 2.51. The molecule has 0 radical (unpaired) electrons. The highest BCUT2D eigenvalue weighted by Crippen LogP contribution is 2.25. The van der Waals surface area contributed by atoms with Gasteiger partial charge in [-0.2, -0.15) is 4.98 Å². The van der Waals surface area contributed by atoms with E-state index < -0.39 is 0 Å². The van der Waals surface area contributed by atoms with E-state index in [1.165, 1.54) is 10.6 Å². The topological polar surface area (TPSA) is 73.4 Å². The second-order valence-corrected chi connectivity index (χ2v) is 5.48. The standard InChI is InChI=1S/C14H18N4O3/c1-9-6-17(2)8-11(20-9)14-15-13(16-21-14)10-4-5-12(19)18(3)7-10/h4-5,7,9,11H,6,8H2,1-3H3/t9-,11-/m1/s1. The van der Waals surface area contributed by atoms with Crippen molar-refractivity contribution in [1.29, 1.82) is 0 Å². The molecule has 0 unspecified atom stereocenters. The molecular formula is C14H18N4O3. The van der Waals surface area contributed by atoms with Crippen molar-refractivity contribution in [3.63, 3.8) is 0 Å². The highest BCUT2D eigenvalue weighted by atomic mass is 16.5. The van der Waals surface area contributed by atoms with Crippen LogP contribution < -0.4 is 5.56 Å². The van der Waals surface area contributed by atoms with Crippen molar-refractivity contribution in [2.75, 3.05) is 20.1 Å². The maximum absolute atomic E-state index is 11.4. The molecule has 112 valence electrons. The van der Waals surface area contributed by atoms with Crippen LogP contribution in [0.1, 0.15) is 18.9 Å². The van der Waals surface area contributed by atoms with Crippen LogP contribution in [0.3, 0.4) is 0 Å². The van der Waals surface area contributed by atoms with Crippen LogP contribution in [-0.2, 0) is 11.8 Å². The Bertz CT molecular complexity index is 684. The predicted molar refractivity (Wildman–Crippen MR) is 75.8 cm³/mol. The van der Waals surface area contributed by atoms with Crippen LogP contribution in [-0.4, -0.2) is 45.8 Å². The van der Waals surface area contributed by atoms with Gasteiger partial charge in [0.1, 0.15) is 6.10 Å². The van der Waals surface area contributed by atoms with E-state index in [4.69, 9.17) is 9.26 Å². The van der Waals surface area contributed by atoms with Gasteiger partial charge in [-0.25, -0.2) is 0 Å². The Balaban J connectivity index is 1.85. The number of nitrogens with zero attached hydrogens (tertiary/aromatic N) is 4. The first kappa shape index (κ1) is 14.0. The normalized spacial score (nSPS) is 23.4. The summed E-state index contributed by atoms with van der Waals surface area (Å²) in [6, 6.07) is 3.17. The number of likely N-dealkylation sites (N-methyl/N-ethyl adjacent to an activating group) is 1. The molecule has 7 heteroatoms. The van der Waals surface area contributed by atoms with Crippen LogP contribution in [0.4, 0.5) is 0 Å². The molecule has 0 N–H and O–H groups in total. The van der Waals surface area contributed by atoms with E-state index in [0.717, 1.165) is 18.7 Å². The van der Waals surface area contributed by atoms with Gasteiger partial charge < -0.3 is 18.7 Å². The maximum Gasteiger partial charge on any atom is 0.257 e. The van der Waals surface area contributed by atoms with Crippen molar-refractivity contribution in [3.05, 3.63) is 34.6 Å². The zero-order valence-electron chi connectivity index (χ0n) is 12.3. The number of rotatable bonds is 2. The Labute approximate surface area is 122 Å². The summed E-state index contributed by atoms with van der Waals surface area (Å²) in [5.74, 6) is 0.933. The van der Waals surface area contributed by atoms with Gasteiger partial charge in [0.05, 0.1) is 6.10 Å². The van der Waals surface area contributed by atoms with Gasteiger partial charge in [-0.1, -0.05) is 5.16 Å². The third kappa shape index (κ3) is 2.88. The molecule has 0 aliphatic carbocycles. The van der Waals surface area contributed by atoms with Gasteiger partial charge in [0, 0.05) is 38.0 Å². The molecule has 7 nitrogen and oxygen atoms in total. The Morgan fingerprint density at radius 1 is 1.29 bits per heavy atom. The lowest BCUT2D eigenvalue weighted by atomic mass is 10.2. The van der Waals surface area contributed by atoms with Crippen LogP contribution >= 0.6 is 0 Å². The summed E-state index contributed by atoms with van der Waals surface area (Å²) < 4.78 is 12.7. The summed E-state index contributed by atoms with van der Waals surface area (Å²) >= 11 is 0. The summed E-state index contributed by atoms with van der Waals surface area (Å²) in [6.07, 6.45) is 1.60. The Morgan fingerprint density at radius 3 is 2.81 bits per heavy atom. The van der Waals surface area contributed by atoms with Crippen LogP contribution in [0, 0.1) is 0 Å². The summed E-state index contributed by atoms with van der Waals surface area (Å²) in [6.45, 7) is 3.63. The van der Waals surface area contributed by atoms with Crippen molar-refractivity contribution >= 4 is 0 Å². The lowest BCUT2D eigenvalue weighted by Crippen LogP contribution is -2.40. The molecule has 1 fully saturated rings. The van der Waals surface area contributed by atoms with Gasteiger partial charge in [0.25, 0.3) is 5.89 Å². The van der Waals surface area contributed by atoms with Crippen molar-refractivity contribution in [1.82, 2.24) is 19.6 Å². The van der Waals surface area contributed by atoms with E-state index in [-0.39, 0.29) is 17.8 Å². The Morgan fingerprint density at radius 2 is 2.10 bits per heavy atom. The molecule has 0 bridgehead atoms. The second kappa shape index (κ2) is 5.42. The molecule has 2 aromatic rings. The third-order valence-corrected chi connectivity index (χ3v) is 3.50. The van der Waals surface area contributed by atoms with Gasteiger partial charge in [0.2, 0.25) is 11.4 Å². The van der Waals surface area contributed by atoms with Crippen LogP contribution in [0.5, 0.6) is 0 Å². The average Bonchev–Trinajstić information content (AvgIpc) is 2.90.